The third kappa shape index (κ3) is 4.93. The number of carbonyl (C=O) groups is 1. The van der Waals surface area contributed by atoms with Crippen molar-refractivity contribution in [2.45, 2.75) is 0 Å². The van der Waals surface area contributed by atoms with Crippen LogP contribution in [0.1, 0.15) is 0 Å². The first-order valence-electron chi connectivity index (χ1n) is 11.4. The van der Waals surface area contributed by atoms with Gasteiger partial charge in [0.2, 0.25) is 11.9 Å². The van der Waals surface area contributed by atoms with E-state index in [0.29, 0.717) is 47.3 Å². The van der Waals surface area contributed by atoms with Crippen molar-refractivity contribution in [3.63, 3.8) is 0 Å². The summed E-state index contributed by atoms with van der Waals surface area (Å²) in [6, 6.07) is 11.3. The van der Waals surface area contributed by atoms with Gasteiger partial charge in [0.25, 0.3) is 0 Å². The maximum Gasteiger partial charge on any atom is 0.247 e. The summed E-state index contributed by atoms with van der Waals surface area (Å²) in [4.78, 5) is 32.0. The number of fused-ring (bicyclic) bond motifs is 1. The molecule has 0 spiro atoms. The average molecular weight is 484 g/mol. The summed E-state index contributed by atoms with van der Waals surface area (Å²) in [5.41, 5.74) is 5.06. The number of nitrogens with zero attached hydrogens (tertiary/aromatic N) is 5. The number of aromatic nitrogens is 4. The van der Waals surface area contributed by atoms with Crippen LogP contribution in [0.5, 0.6) is 5.75 Å². The highest BCUT2D eigenvalue weighted by Crippen LogP contribution is 2.33. The number of hydrogen-bond donors (Lipinski definition) is 2. The van der Waals surface area contributed by atoms with Crippen molar-refractivity contribution < 1.29 is 14.3 Å². The lowest BCUT2D eigenvalue weighted by molar-refractivity contribution is -0.111. The molecule has 4 heterocycles. The first kappa shape index (κ1) is 23.2. The lowest BCUT2D eigenvalue weighted by atomic mass is 10.1. The van der Waals surface area contributed by atoms with Crippen LogP contribution in [0.4, 0.5) is 23.0 Å². The van der Waals surface area contributed by atoms with E-state index in [1.165, 1.54) is 6.08 Å². The molecular weight excluding hydrogens is 458 g/mol. The second-order valence-electron chi connectivity index (χ2n) is 8.02. The summed E-state index contributed by atoms with van der Waals surface area (Å²) in [5.74, 6) is 0.779. The maximum absolute atomic E-state index is 11.7. The van der Waals surface area contributed by atoms with Crippen molar-refractivity contribution in [1.82, 2.24) is 19.9 Å². The molecule has 3 aromatic heterocycles. The Morgan fingerprint density at radius 1 is 1.11 bits per heavy atom. The largest absolute Gasteiger partial charge is 0.494 e. The van der Waals surface area contributed by atoms with Gasteiger partial charge in [-0.2, -0.15) is 0 Å². The Kier molecular flexibility index (Phi) is 6.67. The van der Waals surface area contributed by atoms with Gasteiger partial charge in [-0.1, -0.05) is 6.58 Å². The molecule has 5 rings (SSSR count). The van der Waals surface area contributed by atoms with Gasteiger partial charge in [0.15, 0.2) is 0 Å². The quantitative estimate of drug-likeness (QED) is 0.379. The summed E-state index contributed by atoms with van der Waals surface area (Å²) in [5, 5.41) is 6.02. The summed E-state index contributed by atoms with van der Waals surface area (Å²) < 4.78 is 11.1. The van der Waals surface area contributed by atoms with E-state index in [1.807, 2.05) is 24.3 Å². The third-order valence-corrected chi connectivity index (χ3v) is 5.78. The van der Waals surface area contributed by atoms with E-state index in [1.54, 1.807) is 37.8 Å². The molecule has 0 bridgehead atoms. The molecule has 0 atom stereocenters. The van der Waals surface area contributed by atoms with Gasteiger partial charge < -0.3 is 25.0 Å². The second-order valence-corrected chi connectivity index (χ2v) is 8.02. The van der Waals surface area contributed by atoms with Crippen LogP contribution in [-0.4, -0.2) is 59.3 Å². The number of carbonyl (C=O) groups excluding carboxylic acids is 1. The van der Waals surface area contributed by atoms with Crippen molar-refractivity contribution >= 4 is 40.0 Å². The van der Waals surface area contributed by atoms with E-state index in [4.69, 9.17) is 14.5 Å². The number of nitrogens with one attached hydrogen (secondary N) is 2. The minimum absolute atomic E-state index is 0.297. The molecule has 1 amide bonds. The molecular formula is C26H25N7O3. The summed E-state index contributed by atoms with van der Waals surface area (Å²) in [7, 11) is 1.64. The Labute approximate surface area is 208 Å². The Morgan fingerprint density at radius 2 is 1.94 bits per heavy atom. The van der Waals surface area contributed by atoms with Gasteiger partial charge in [0, 0.05) is 48.5 Å². The van der Waals surface area contributed by atoms with Gasteiger partial charge in [0.1, 0.15) is 16.8 Å². The predicted octanol–water partition coefficient (Wildman–Crippen LogP) is 3.80. The lowest BCUT2D eigenvalue weighted by Crippen LogP contribution is -2.36. The number of benzene rings is 1. The fourth-order valence-corrected chi connectivity index (χ4v) is 3.98. The molecule has 2 N–H and O–H groups in total. The van der Waals surface area contributed by atoms with Crippen LogP contribution in [0, 0.1) is 0 Å². The van der Waals surface area contributed by atoms with Crippen molar-refractivity contribution in [2.24, 2.45) is 0 Å². The van der Waals surface area contributed by atoms with Crippen molar-refractivity contribution in [2.75, 3.05) is 48.9 Å². The van der Waals surface area contributed by atoms with Crippen LogP contribution in [0.15, 0.2) is 67.6 Å². The highest BCUT2D eigenvalue weighted by molar-refractivity contribution is 5.99. The van der Waals surface area contributed by atoms with Gasteiger partial charge >= 0.3 is 0 Å². The smallest absolute Gasteiger partial charge is 0.247 e. The van der Waals surface area contributed by atoms with Gasteiger partial charge in [-0.3, -0.25) is 14.8 Å². The number of hydrogen-bond acceptors (Lipinski definition) is 9. The molecule has 0 radical (unpaired) electrons. The van der Waals surface area contributed by atoms with Crippen LogP contribution in [0.25, 0.3) is 22.3 Å². The Balaban J connectivity index is 1.46. The Morgan fingerprint density at radius 3 is 2.75 bits per heavy atom. The van der Waals surface area contributed by atoms with E-state index in [0.717, 1.165) is 30.0 Å². The molecule has 1 aromatic carbocycles. The van der Waals surface area contributed by atoms with E-state index in [2.05, 4.69) is 37.1 Å². The standard InChI is InChI=1S/C26H25N7O3/c1-3-24(34)30-17-6-8-27-21(14-17)19-7-9-28-22-16-29-26(32-25(19)22)31-20-5-4-18(15-23(20)35-2)33-10-12-36-13-11-33/h3-9,14-16H,1,10-13H2,2H3,(H,27,30,34)(H,29,31,32). The van der Waals surface area contributed by atoms with Gasteiger partial charge in [0.05, 0.1) is 37.9 Å². The molecule has 0 unspecified atom stereocenters. The van der Waals surface area contributed by atoms with Gasteiger partial charge in [-0.05, 0) is 36.4 Å². The van der Waals surface area contributed by atoms with Crippen LogP contribution in [0.3, 0.4) is 0 Å². The van der Waals surface area contributed by atoms with E-state index in [-0.39, 0.29) is 5.91 Å². The minimum Gasteiger partial charge on any atom is -0.494 e. The third-order valence-electron chi connectivity index (χ3n) is 5.78. The zero-order valence-electron chi connectivity index (χ0n) is 19.8. The van der Waals surface area contributed by atoms with Crippen LogP contribution < -0.4 is 20.3 Å². The highest BCUT2D eigenvalue weighted by Gasteiger charge is 2.15. The van der Waals surface area contributed by atoms with Crippen molar-refractivity contribution in [3.8, 4) is 17.0 Å². The second kappa shape index (κ2) is 10.4. The molecule has 10 heteroatoms. The molecule has 182 valence electrons. The summed E-state index contributed by atoms with van der Waals surface area (Å²) >= 11 is 0. The molecule has 1 aliphatic heterocycles. The minimum atomic E-state index is -0.297. The molecule has 0 saturated carbocycles. The molecule has 36 heavy (non-hydrogen) atoms. The normalized spacial score (nSPS) is 13.3. The first-order chi connectivity index (χ1) is 17.6. The van der Waals surface area contributed by atoms with Crippen molar-refractivity contribution in [1.29, 1.82) is 0 Å². The molecule has 10 nitrogen and oxygen atoms in total. The monoisotopic (exact) mass is 483 g/mol. The number of rotatable bonds is 7. The fourth-order valence-electron chi connectivity index (χ4n) is 3.98. The SMILES string of the molecule is C=CC(=O)Nc1ccnc(-c2ccnc3cnc(Nc4ccc(N5CCOCC5)cc4OC)nc23)c1. The maximum atomic E-state index is 11.7. The fraction of sp³-hybridized carbons (Fsp3) is 0.192. The number of ether oxygens (including phenoxy) is 2. The summed E-state index contributed by atoms with van der Waals surface area (Å²) in [6.45, 7) is 6.59. The molecule has 1 aliphatic rings. The van der Waals surface area contributed by atoms with Crippen LogP contribution in [-0.2, 0) is 9.53 Å². The predicted molar refractivity (Wildman–Crippen MR) is 139 cm³/mol. The molecule has 4 aromatic rings. The number of morpholine rings is 1. The van der Waals surface area contributed by atoms with Gasteiger partial charge in [-0.15, -0.1) is 0 Å². The summed E-state index contributed by atoms with van der Waals surface area (Å²) in [6.07, 6.45) is 6.18. The zero-order valence-corrected chi connectivity index (χ0v) is 19.8. The Bertz CT molecular complexity index is 1420. The van der Waals surface area contributed by atoms with E-state index in [9.17, 15) is 4.79 Å². The van der Waals surface area contributed by atoms with Gasteiger partial charge in [-0.25, -0.2) is 9.97 Å². The van der Waals surface area contributed by atoms with E-state index < -0.39 is 0 Å². The number of methoxy groups -OCH3 is 1. The molecule has 1 saturated heterocycles. The van der Waals surface area contributed by atoms with Crippen molar-refractivity contribution in [3.05, 3.63) is 67.6 Å². The first-order valence-corrected chi connectivity index (χ1v) is 11.4. The Hall–Kier alpha value is -4.57. The van der Waals surface area contributed by atoms with Crippen LogP contribution >= 0.6 is 0 Å². The zero-order chi connectivity index (χ0) is 24.9. The van der Waals surface area contributed by atoms with E-state index >= 15 is 0 Å². The average Bonchev–Trinajstić information content (AvgIpc) is 2.93. The number of amides is 1. The molecule has 0 aliphatic carbocycles. The lowest BCUT2D eigenvalue weighted by Gasteiger charge is -2.29. The topological polar surface area (TPSA) is 114 Å². The number of pyridine rings is 2. The molecule has 1 fully saturated rings. The van der Waals surface area contributed by atoms with Crippen LogP contribution in [0.2, 0.25) is 0 Å². The number of anilines is 4. The highest BCUT2D eigenvalue weighted by atomic mass is 16.5.